The van der Waals surface area contributed by atoms with Gasteiger partial charge in [0.15, 0.2) is 0 Å². The Bertz CT molecular complexity index is 452. The SMILES string of the molecule is Cc1oc(C(=O)O)cc1CNC1CCCC(C)C1C. The molecule has 3 unspecified atom stereocenters. The second-order valence-corrected chi connectivity index (χ2v) is 5.75. The van der Waals surface area contributed by atoms with Crippen LogP contribution in [0.25, 0.3) is 0 Å². The van der Waals surface area contributed by atoms with E-state index in [4.69, 9.17) is 9.52 Å². The Morgan fingerprint density at radius 3 is 2.84 bits per heavy atom. The first-order valence-corrected chi connectivity index (χ1v) is 7.05. The third-order valence-electron chi connectivity index (χ3n) is 4.49. The summed E-state index contributed by atoms with van der Waals surface area (Å²) in [6.07, 6.45) is 3.79. The molecule has 0 bridgehead atoms. The van der Waals surface area contributed by atoms with Crippen LogP contribution < -0.4 is 5.32 Å². The number of hydrogen-bond donors (Lipinski definition) is 2. The molecule has 1 aliphatic carbocycles. The number of carboxylic acids is 1. The zero-order chi connectivity index (χ0) is 14.0. The number of carbonyl (C=O) groups is 1. The average molecular weight is 265 g/mol. The summed E-state index contributed by atoms with van der Waals surface area (Å²) < 4.78 is 5.22. The molecule has 0 aromatic carbocycles. The first kappa shape index (κ1) is 14.1. The van der Waals surface area contributed by atoms with Gasteiger partial charge in [-0.3, -0.25) is 0 Å². The maximum Gasteiger partial charge on any atom is 0.371 e. The number of aryl methyl sites for hydroxylation is 1. The molecule has 1 aromatic heterocycles. The topological polar surface area (TPSA) is 62.5 Å². The van der Waals surface area contributed by atoms with Crippen LogP contribution in [0.1, 0.15) is 55.0 Å². The fourth-order valence-corrected chi connectivity index (χ4v) is 2.91. The van der Waals surface area contributed by atoms with E-state index < -0.39 is 5.97 Å². The molecular weight excluding hydrogens is 242 g/mol. The van der Waals surface area contributed by atoms with Gasteiger partial charge in [0.1, 0.15) is 5.76 Å². The van der Waals surface area contributed by atoms with Gasteiger partial charge in [-0.25, -0.2) is 4.79 Å². The molecule has 1 aliphatic rings. The highest BCUT2D eigenvalue weighted by atomic mass is 16.4. The molecule has 1 aromatic rings. The van der Waals surface area contributed by atoms with Gasteiger partial charge in [0.2, 0.25) is 5.76 Å². The fraction of sp³-hybridized carbons (Fsp3) is 0.667. The van der Waals surface area contributed by atoms with Gasteiger partial charge in [-0.15, -0.1) is 0 Å². The summed E-state index contributed by atoms with van der Waals surface area (Å²) in [6.45, 7) is 7.11. The minimum absolute atomic E-state index is 0.0272. The molecule has 0 radical (unpaired) electrons. The van der Waals surface area contributed by atoms with E-state index in [0.29, 0.717) is 24.3 Å². The largest absolute Gasteiger partial charge is 0.475 e. The van der Waals surface area contributed by atoms with Gasteiger partial charge in [-0.2, -0.15) is 0 Å². The molecule has 1 saturated carbocycles. The molecule has 0 spiro atoms. The molecule has 3 atom stereocenters. The highest BCUT2D eigenvalue weighted by molar-refractivity contribution is 5.84. The maximum atomic E-state index is 10.9. The van der Waals surface area contributed by atoms with Crippen molar-refractivity contribution < 1.29 is 14.3 Å². The number of rotatable bonds is 4. The smallest absolute Gasteiger partial charge is 0.371 e. The van der Waals surface area contributed by atoms with Gasteiger partial charge in [0.25, 0.3) is 0 Å². The van der Waals surface area contributed by atoms with E-state index in [9.17, 15) is 4.79 Å². The van der Waals surface area contributed by atoms with Crippen LogP contribution in [0.2, 0.25) is 0 Å². The molecule has 4 heteroatoms. The summed E-state index contributed by atoms with van der Waals surface area (Å²) >= 11 is 0. The second-order valence-electron chi connectivity index (χ2n) is 5.75. The number of nitrogens with one attached hydrogen (secondary N) is 1. The van der Waals surface area contributed by atoms with Crippen molar-refractivity contribution in [3.8, 4) is 0 Å². The third kappa shape index (κ3) is 3.18. The predicted octanol–water partition coefficient (Wildman–Crippen LogP) is 3.20. The number of carboxylic acid groups (broad SMARTS) is 1. The molecule has 0 aliphatic heterocycles. The molecule has 1 heterocycles. The molecule has 19 heavy (non-hydrogen) atoms. The summed E-state index contributed by atoms with van der Waals surface area (Å²) in [7, 11) is 0. The van der Waals surface area contributed by atoms with Crippen LogP contribution in [0.4, 0.5) is 0 Å². The van der Waals surface area contributed by atoms with Crippen molar-refractivity contribution in [3.63, 3.8) is 0 Å². The Balaban J connectivity index is 1.96. The molecule has 1 fully saturated rings. The Kier molecular flexibility index (Phi) is 4.30. The zero-order valence-electron chi connectivity index (χ0n) is 11.9. The number of hydrogen-bond acceptors (Lipinski definition) is 3. The molecule has 2 N–H and O–H groups in total. The van der Waals surface area contributed by atoms with Crippen molar-refractivity contribution in [2.45, 2.75) is 52.6 Å². The summed E-state index contributed by atoms with van der Waals surface area (Å²) in [5, 5.41) is 12.5. The number of furan rings is 1. The normalized spacial score (nSPS) is 27.4. The van der Waals surface area contributed by atoms with Gasteiger partial charge in [0.05, 0.1) is 0 Å². The van der Waals surface area contributed by atoms with E-state index in [1.54, 1.807) is 6.07 Å². The highest BCUT2D eigenvalue weighted by Gasteiger charge is 2.26. The minimum Gasteiger partial charge on any atom is -0.475 e. The van der Waals surface area contributed by atoms with Crippen molar-refractivity contribution in [3.05, 3.63) is 23.2 Å². The molecular formula is C15H23NO3. The molecule has 2 rings (SSSR count). The van der Waals surface area contributed by atoms with Crippen LogP contribution in [0, 0.1) is 18.8 Å². The highest BCUT2D eigenvalue weighted by Crippen LogP contribution is 2.29. The Labute approximate surface area is 114 Å². The van der Waals surface area contributed by atoms with Crippen molar-refractivity contribution >= 4 is 5.97 Å². The van der Waals surface area contributed by atoms with Gasteiger partial charge >= 0.3 is 5.97 Å². The van der Waals surface area contributed by atoms with Crippen LogP contribution in [-0.2, 0) is 6.54 Å². The first-order valence-electron chi connectivity index (χ1n) is 7.05. The van der Waals surface area contributed by atoms with Crippen LogP contribution in [-0.4, -0.2) is 17.1 Å². The van der Waals surface area contributed by atoms with E-state index in [0.717, 1.165) is 11.5 Å². The van der Waals surface area contributed by atoms with Gasteiger partial charge in [-0.05, 0) is 31.2 Å². The fourth-order valence-electron chi connectivity index (χ4n) is 2.91. The van der Waals surface area contributed by atoms with E-state index in [2.05, 4.69) is 19.2 Å². The number of aromatic carboxylic acids is 1. The molecule has 0 saturated heterocycles. The zero-order valence-corrected chi connectivity index (χ0v) is 11.9. The van der Waals surface area contributed by atoms with Crippen molar-refractivity contribution in [2.24, 2.45) is 11.8 Å². The second kappa shape index (κ2) is 5.78. The van der Waals surface area contributed by atoms with Crippen LogP contribution in [0.3, 0.4) is 0 Å². The molecule has 0 amide bonds. The monoisotopic (exact) mass is 265 g/mol. The van der Waals surface area contributed by atoms with E-state index in [1.807, 2.05) is 6.92 Å². The summed E-state index contributed by atoms with van der Waals surface area (Å²) in [5.41, 5.74) is 0.947. The predicted molar refractivity (Wildman–Crippen MR) is 73.2 cm³/mol. The lowest BCUT2D eigenvalue weighted by Crippen LogP contribution is -2.40. The van der Waals surface area contributed by atoms with E-state index in [1.165, 1.54) is 19.3 Å². The standard InChI is InChI=1S/C15H23NO3/c1-9-5-4-6-13(10(9)2)16-8-12-7-14(15(17)18)19-11(12)3/h7,9-10,13,16H,4-6,8H2,1-3H3,(H,17,18). The summed E-state index contributed by atoms with van der Waals surface area (Å²) in [4.78, 5) is 10.9. The lowest BCUT2D eigenvalue weighted by molar-refractivity contribution is 0.0661. The minimum atomic E-state index is -1.01. The quantitative estimate of drug-likeness (QED) is 0.877. The van der Waals surface area contributed by atoms with Gasteiger partial charge in [-0.1, -0.05) is 26.7 Å². The van der Waals surface area contributed by atoms with Gasteiger partial charge < -0.3 is 14.8 Å². The Hall–Kier alpha value is -1.29. The third-order valence-corrected chi connectivity index (χ3v) is 4.49. The average Bonchev–Trinajstić information content (AvgIpc) is 2.73. The van der Waals surface area contributed by atoms with Crippen molar-refractivity contribution in [2.75, 3.05) is 0 Å². The van der Waals surface area contributed by atoms with E-state index in [-0.39, 0.29) is 5.76 Å². The van der Waals surface area contributed by atoms with Gasteiger partial charge in [0, 0.05) is 18.2 Å². The molecule has 4 nitrogen and oxygen atoms in total. The lowest BCUT2D eigenvalue weighted by Gasteiger charge is -2.34. The Morgan fingerprint density at radius 2 is 2.21 bits per heavy atom. The van der Waals surface area contributed by atoms with Crippen LogP contribution >= 0.6 is 0 Å². The first-order chi connectivity index (χ1) is 8.99. The van der Waals surface area contributed by atoms with Crippen molar-refractivity contribution in [1.29, 1.82) is 0 Å². The lowest BCUT2D eigenvalue weighted by atomic mass is 9.78. The van der Waals surface area contributed by atoms with Crippen LogP contribution in [0.5, 0.6) is 0 Å². The Morgan fingerprint density at radius 1 is 1.47 bits per heavy atom. The molecule has 106 valence electrons. The van der Waals surface area contributed by atoms with E-state index >= 15 is 0 Å². The van der Waals surface area contributed by atoms with Crippen molar-refractivity contribution in [1.82, 2.24) is 5.32 Å². The summed E-state index contributed by atoms with van der Waals surface area (Å²) in [6, 6.07) is 2.15. The maximum absolute atomic E-state index is 10.9. The van der Waals surface area contributed by atoms with Crippen LogP contribution in [0.15, 0.2) is 10.5 Å². The summed E-state index contributed by atoms with van der Waals surface area (Å²) in [5.74, 6) is 1.14.